The average molecular weight is 326 g/mol. The highest BCUT2D eigenvalue weighted by Gasteiger charge is 2.06. The van der Waals surface area contributed by atoms with Gasteiger partial charge in [0.25, 0.3) is 0 Å². The predicted molar refractivity (Wildman–Crippen MR) is 92.4 cm³/mol. The average Bonchev–Trinajstić information content (AvgIpc) is 2.54. The molecule has 0 aliphatic heterocycles. The van der Waals surface area contributed by atoms with Crippen LogP contribution < -0.4 is 21.5 Å². The fourth-order valence-electron chi connectivity index (χ4n) is 1.74. The molecule has 0 unspecified atom stereocenters. The van der Waals surface area contributed by atoms with Crippen LogP contribution in [0.3, 0.4) is 0 Å². The van der Waals surface area contributed by atoms with Crippen LogP contribution in [0.1, 0.15) is 6.92 Å². The standard InChI is InChI=1S/C16H18N6O2/c1-10(2)24-13-6-4-3-5-11(13)21-22-12-7-8-14(20-16(12)18)19-15(23)9-17/h3-8H,1,9,17H2,2H3,(H3,18,19,20,23)/b22-21+. The van der Waals surface area contributed by atoms with E-state index in [9.17, 15) is 4.79 Å². The van der Waals surface area contributed by atoms with Gasteiger partial charge >= 0.3 is 0 Å². The summed E-state index contributed by atoms with van der Waals surface area (Å²) in [6.07, 6.45) is 0. The molecule has 0 fully saturated rings. The lowest BCUT2D eigenvalue weighted by molar-refractivity contribution is -0.114. The molecule has 0 aliphatic carbocycles. The number of hydrogen-bond donors (Lipinski definition) is 3. The number of para-hydroxylation sites is 1. The summed E-state index contributed by atoms with van der Waals surface area (Å²) in [5.41, 5.74) is 11.9. The number of nitrogens with one attached hydrogen (secondary N) is 1. The lowest BCUT2D eigenvalue weighted by Gasteiger charge is -2.07. The number of benzene rings is 1. The Hall–Kier alpha value is -3.26. The molecule has 1 heterocycles. The maximum atomic E-state index is 11.2. The van der Waals surface area contributed by atoms with E-state index in [2.05, 4.69) is 27.1 Å². The second kappa shape index (κ2) is 7.84. The van der Waals surface area contributed by atoms with E-state index >= 15 is 0 Å². The second-order valence-corrected chi connectivity index (χ2v) is 4.82. The summed E-state index contributed by atoms with van der Waals surface area (Å²) in [5, 5.41) is 10.7. The minimum Gasteiger partial charge on any atom is -0.460 e. The summed E-state index contributed by atoms with van der Waals surface area (Å²) in [6, 6.07) is 10.3. The van der Waals surface area contributed by atoms with E-state index in [0.29, 0.717) is 28.7 Å². The number of rotatable bonds is 6. The largest absolute Gasteiger partial charge is 0.460 e. The summed E-state index contributed by atoms with van der Waals surface area (Å²) in [4.78, 5) is 15.3. The molecule has 0 saturated carbocycles. The van der Waals surface area contributed by atoms with Crippen molar-refractivity contribution in [2.75, 3.05) is 17.6 Å². The van der Waals surface area contributed by atoms with Crippen molar-refractivity contribution >= 4 is 28.9 Å². The quantitative estimate of drug-likeness (QED) is 0.555. The van der Waals surface area contributed by atoms with Crippen molar-refractivity contribution in [1.82, 2.24) is 4.98 Å². The van der Waals surface area contributed by atoms with Gasteiger partial charge in [0.15, 0.2) is 11.6 Å². The lowest BCUT2D eigenvalue weighted by atomic mass is 10.3. The molecule has 24 heavy (non-hydrogen) atoms. The molecule has 0 aliphatic rings. The van der Waals surface area contributed by atoms with Crippen molar-refractivity contribution in [3.63, 3.8) is 0 Å². The molecule has 0 atom stereocenters. The van der Waals surface area contributed by atoms with Crippen LogP contribution in [0.5, 0.6) is 5.75 Å². The summed E-state index contributed by atoms with van der Waals surface area (Å²) >= 11 is 0. The summed E-state index contributed by atoms with van der Waals surface area (Å²) in [5.74, 6) is 1.15. The number of nitrogen functional groups attached to an aromatic ring is 1. The Kier molecular flexibility index (Phi) is 5.58. The first-order valence-corrected chi connectivity index (χ1v) is 7.10. The Bertz CT molecular complexity index is 788. The molecule has 8 nitrogen and oxygen atoms in total. The third kappa shape index (κ3) is 4.62. The van der Waals surface area contributed by atoms with E-state index < -0.39 is 0 Å². The monoisotopic (exact) mass is 326 g/mol. The first-order valence-electron chi connectivity index (χ1n) is 7.10. The van der Waals surface area contributed by atoms with Gasteiger partial charge in [0.05, 0.1) is 12.3 Å². The zero-order valence-corrected chi connectivity index (χ0v) is 13.2. The number of anilines is 2. The minimum absolute atomic E-state index is 0.131. The zero-order chi connectivity index (χ0) is 17.5. The number of aromatic nitrogens is 1. The van der Waals surface area contributed by atoms with E-state index in [4.69, 9.17) is 16.2 Å². The highest BCUT2D eigenvalue weighted by molar-refractivity contribution is 5.91. The van der Waals surface area contributed by atoms with Gasteiger partial charge in [0.1, 0.15) is 17.2 Å². The van der Waals surface area contributed by atoms with E-state index in [1.165, 1.54) is 0 Å². The molecule has 0 bridgehead atoms. The molecular formula is C16H18N6O2. The Morgan fingerprint density at radius 3 is 2.62 bits per heavy atom. The highest BCUT2D eigenvalue weighted by atomic mass is 16.5. The maximum Gasteiger partial charge on any atom is 0.239 e. The summed E-state index contributed by atoms with van der Waals surface area (Å²) in [6.45, 7) is 5.30. The number of ether oxygens (including phenoxy) is 1. The van der Waals surface area contributed by atoms with Crippen LogP contribution in [0.25, 0.3) is 0 Å². The van der Waals surface area contributed by atoms with Gasteiger partial charge in [-0.25, -0.2) is 4.98 Å². The molecule has 0 radical (unpaired) electrons. The van der Waals surface area contributed by atoms with Crippen molar-refractivity contribution in [3.05, 3.63) is 48.7 Å². The fourth-order valence-corrected chi connectivity index (χ4v) is 1.74. The third-order valence-corrected chi connectivity index (χ3v) is 2.77. The normalized spacial score (nSPS) is 10.6. The molecule has 1 aromatic heterocycles. The highest BCUT2D eigenvalue weighted by Crippen LogP contribution is 2.31. The number of hydrogen-bond acceptors (Lipinski definition) is 7. The van der Waals surface area contributed by atoms with E-state index in [-0.39, 0.29) is 18.3 Å². The van der Waals surface area contributed by atoms with Gasteiger partial charge < -0.3 is 21.5 Å². The molecule has 2 aromatic rings. The number of nitrogens with two attached hydrogens (primary N) is 2. The van der Waals surface area contributed by atoms with E-state index in [1.807, 2.05) is 12.1 Å². The summed E-state index contributed by atoms with van der Waals surface area (Å²) in [7, 11) is 0. The van der Waals surface area contributed by atoms with Crippen LogP contribution in [0.15, 0.2) is 59.0 Å². The van der Waals surface area contributed by atoms with Crippen LogP contribution in [-0.2, 0) is 4.79 Å². The van der Waals surface area contributed by atoms with Crippen molar-refractivity contribution in [2.24, 2.45) is 16.0 Å². The number of azo groups is 1. The molecule has 124 valence electrons. The van der Waals surface area contributed by atoms with Gasteiger partial charge in [0, 0.05) is 0 Å². The van der Waals surface area contributed by atoms with Crippen LogP contribution in [0.2, 0.25) is 0 Å². The number of pyridine rings is 1. The third-order valence-electron chi connectivity index (χ3n) is 2.77. The van der Waals surface area contributed by atoms with Crippen molar-refractivity contribution < 1.29 is 9.53 Å². The van der Waals surface area contributed by atoms with Crippen LogP contribution in [0, 0.1) is 0 Å². The van der Waals surface area contributed by atoms with Gasteiger partial charge in [-0.15, -0.1) is 10.2 Å². The van der Waals surface area contributed by atoms with Gasteiger partial charge in [-0.2, -0.15) is 0 Å². The van der Waals surface area contributed by atoms with Crippen molar-refractivity contribution in [3.8, 4) is 5.75 Å². The first-order chi connectivity index (χ1) is 11.5. The zero-order valence-electron chi connectivity index (χ0n) is 13.2. The Morgan fingerprint density at radius 1 is 1.25 bits per heavy atom. The van der Waals surface area contributed by atoms with Crippen LogP contribution >= 0.6 is 0 Å². The number of nitrogens with zero attached hydrogens (tertiary/aromatic N) is 3. The van der Waals surface area contributed by atoms with Crippen molar-refractivity contribution in [2.45, 2.75) is 6.92 Å². The number of carbonyl (C=O) groups excluding carboxylic acids is 1. The van der Waals surface area contributed by atoms with Gasteiger partial charge in [0.2, 0.25) is 5.91 Å². The fraction of sp³-hybridized carbons (Fsp3) is 0.125. The molecule has 1 amide bonds. The molecule has 0 spiro atoms. The molecule has 0 saturated heterocycles. The Labute approximate surface area is 139 Å². The first kappa shape index (κ1) is 17.1. The second-order valence-electron chi connectivity index (χ2n) is 4.82. The topological polar surface area (TPSA) is 128 Å². The van der Waals surface area contributed by atoms with Gasteiger partial charge in [-0.3, -0.25) is 4.79 Å². The van der Waals surface area contributed by atoms with E-state index in [0.717, 1.165) is 0 Å². The van der Waals surface area contributed by atoms with E-state index in [1.54, 1.807) is 31.2 Å². The van der Waals surface area contributed by atoms with Crippen LogP contribution in [-0.4, -0.2) is 17.4 Å². The smallest absolute Gasteiger partial charge is 0.239 e. The number of amides is 1. The Morgan fingerprint density at radius 2 is 1.96 bits per heavy atom. The molecule has 8 heteroatoms. The Balaban J connectivity index is 2.21. The molecule has 2 rings (SSSR count). The molecule has 5 N–H and O–H groups in total. The lowest BCUT2D eigenvalue weighted by Crippen LogP contribution is -2.22. The SMILES string of the molecule is C=C(C)Oc1ccccc1/N=N/c1ccc(NC(=O)CN)nc1N. The summed E-state index contributed by atoms with van der Waals surface area (Å²) < 4.78 is 5.48. The van der Waals surface area contributed by atoms with Gasteiger partial charge in [-0.05, 0) is 31.2 Å². The molecule has 1 aromatic carbocycles. The number of allylic oxidation sites excluding steroid dienone is 1. The van der Waals surface area contributed by atoms with Crippen LogP contribution in [0.4, 0.5) is 23.0 Å². The van der Waals surface area contributed by atoms with Crippen molar-refractivity contribution in [1.29, 1.82) is 0 Å². The van der Waals surface area contributed by atoms with Gasteiger partial charge in [-0.1, -0.05) is 18.7 Å². The maximum absolute atomic E-state index is 11.2. The molecular weight excluding hydrogens is 308 g/mol. The minimum atomic E-state index is -0.359. The number of carbonyl (C=O) groups is 1. The predicted octanol–water partition coefficient (Wildman–Crippen LogP) is 2.89.